The van der Waals surface area contributed by atoms with Crippen LogP contribution in [0.5, 0.6) is 5.75 Å². The van der Waals surface area contributed by atoms with Crippen molar-refractivity contribution < 1.29 is 9.84 Å². The van der Waals surface area contributed by atoms with E-state index in [2.05, 4.69) is 41.5 Å². The molecule has 2 unspecified atom stereocenters. The molecule has 3 aromatic carbocycles. The van der Waals surface area contributed by atoms with Gasteiger partial charge in [0.15, 0.2) is 0 Å². The number of hydrogen-bond acceptors (Lipinski definition) is 4. The average molecular weight is 522 g/mol. The molecule has 0 amide bonds. The number of nitrogens with zero attached hydrogens (tertiary/aromatic N) is 2. The van der Waals surface area contributed by atoms with Gasteiger partial charge in [0.2, 0.25) is 0 Å². The first-order chi connectivity index (χ1) is 17.4. The summed E-state index contributed by atoms with van der Waals surface area (Å²) in [5.41, 5.74) is 1.47. The molecule has 36 heavy (non-hydrogen) atoms. The summed E-state index contributed by atoms with van der Waals surface area (Å²) in [6.07, 6.45) is 9.36. The largest absolute Gasteiger partial charge is 0.490 e. The molecular weight excluding hydrogens is 493 g/mol. The Labute approximate surface area is 222 Å². The van der Waals surface area contributed by atoms with Crippen molar-refractivity contribution in [3.05, 3.63) is 124 Å². The van der Waals surface area contributed by atoms with Gasteiger partial charge in [-0.25, -0.2) is 4.98 Å². The van der Waals surface area contributed by atoms with Gasteiger partial charge in [0.05, 0.1) is 12.9 Å². The number of imidazole rings is 1. The van der Waals surface area contributed by atoms with Crippen LogP contribution in [-0.4, -0.2) is 27.3 Å². The molecule has 0 aliphatic carbocycles. The van der Waals surface area contributed by atoms with Gasteiger partial charge in [-0.3, -0.25) is 0 Å². The van der Waals surface area contributed by atoms with E-state index in [1.165, 1.54) is 5.56 Å². The molecule has 186 valence electrons. The molecule has 2 N–H and O–H groups in total. The Morgan fingerprint density at radius 3 is 2.56 bits per heavy atom. The Morgan fingerprint density at radius 1 is 1.08 bits per heavy atom. The maximum atomic E-state index is 11.6. The summed E-state index contributed by atoms with van der Waals surface area (Å²) in [4.78, 5) is 4.07. The molecule has 2 atom stereocenters. The van der Waals surface area contributed by atoms with Crippen LogP contribution in [0.1, 0.15) is 23.6 Å². The van der Waals surface area contributed by atoms with Gasteiger partial charge in [0.25, 0.3) is 0 Å². The van der Waals surface area contributed by atoms with Crippen molar-refractivity contribution >= 4 is 29.3 Å². The Hall–Kier alpha value is -3.09. The average Bonchev–Trinajstić information content (AvgIpc) is 3.39. The van der Waals surface area contributed by atoms with Gasteiger partial charge >= 0.3 is 0 Å². The lowest BCUT2D eigenvalue weighted by Gasteiger charge is -2.30. The molecule has 4 rings (SSSR count). The molecule has 0 aliphatic rings. The molecular formula is C29H29Cl2N3O2. The van der Waals surface area contributed by atoms with Crippen LogP contribution in [-0.2, 0) is 18.7 Å². The number of rotatable bonds is 11. The van der Waals surface area contributed by atoms with Gasteiger partial charge in [-0.1, -0.05) is 83.9 Å². The van der Waals surface area contributed by atoms with Gasteiger partial charge in [0, 0.05) is 40.6 Å². The number of halogens is 2. The van der Waals surface area contributed by atoms with E-state index in [4.69, 9.17) is 27.9 Å². The van der Waals surface area contributed by atoms with Crippen molar-refractivity contribution in [2.24, 2.45) is 0 Å². The zero-order chi connectivity index (χ0) is 25.4. The third-order valence-electron chi connectivity index (χ3n) is 5.84. The van der Waals surface area contributed by atoms with Crippen LogP contribution < -0.4 is 10.1 Å². The molecule has 0 radical (unpaired) electrons. The lowest BCUT2D eigenvalue weighted by Crippen LogP contribution is -2.38. The smallest absolute Gasteiger partial charge is 0.143 e. The zero-order valence-electron chi connectivity index (χ0n) is 20.0. The van der Waals surface area contributed by atoms with Crippen molar-refractivity contribution in [1.82, 2.24) is 14.9 Å². The number of nitrogens with one attached hydrogen (secondary N) is 1. The minimum absolute atomic E-state index is 0.00540. The standard InChI is InChI=1S/C29H29Cl2N3O2/c1-22(7-8-23-5-3-2-4-6-23)33-18-24-9-12-26(13-10-24)36-20-29(35,19-34-16-15-32-21-34)27-14-11-25(30)17-28(27)31/h2-17,21-22,33,35H,18-20H2,1H3/b8-7+. The summed E-state index contributed by atoms with van der Waals surface area (Å²) in [6.45, 7) is 3.08. The highest BCUT2D eigenvalue weighted by Gasteiger charge is 2.33. The van der Waals surface area contributed by atoms with Gasteiger partial charge < -0.3 is 19.7 Å². The van der Waals surface area contributed by atoms with Crippen LogP contribution in [0.2, 0.25) is 10.0 Å². The van der Waals surface area contributed by atoms with Crippen molar-refractivity contribution in [2.45, 2.75) is 31.7 Å². The summed E-state index contributed by atoms with van der Waals surface area (Å²) >= 11 is 12.5. The van der Waals surface area contributed by atoms with Crippen LogP contribution in [0.3, 0.4) is 0 Å². The predicted molar refractivity (Wildman–Crippen MR) is 146 cm³/mol. The van der Waals surface area contributed by atoms with E-state index in [0.29, 0.717) is 21.4 Å². The highest BCUT2D eigenvalue weighted by molar-refractivity contribution is 6.35. The molecule has 7 heteroatoms. The molecule has 5 nitrogen and oxygen atoms in total. The van der Waals surface area contributed by atoms with E-state index in [1.807, 2.05) is 42.5 Å². The minimum Gasteiger partial charge on any atom is -0.490 e. The summed E-state index contributed by atoms with van der Waals surface area (Å²) in [5.74, 6) is 0.657. The molecule has 1 aromatic heterocycles. The van der Waals surface area contributed by atoms with E-state index in [0.717, 1.165) is 12.1 Å². The van der Waals surface area contributed by atoms with Crippen molar-refractivity contribution in [3.8, 4) is 5.75 Å². The molecule has 1 heterocycles. The van der Waals surface area contributed by atoms with Crippen LogP contribution in [0, 0.1) is 0 Å². The first kappa shape index (κ1) is 26.0. The number of aliphatic hydroxyl groups is 1. The maximum Gasteiger partial charge on any atom is 0.143 e. The molecule has 0 saturated heterocycles. The second-order valence-electron chi connectivity index (χ2n) is 8.76. The maximum absolute atomic E-state index is 11.6. The third-order valence-corrected chi connectivity index (χ3v) is 6.39. The monoisotopic (exact) mass is 521 g/mol. The fourth-order valence-electron chi connectivity index (χ4n) is 3.83. The lowest BCUT2D eigenvalue weighted by molar-refractivity contribution is -0.0242. The quantitative estimate of drug-likeness (QED) is 0.241. The van der Waals surface area contributed by atoms with Crippen molar-refractivity contribution in [1.29, 1.82) is 0 Å². The van der Waals surface area contributed by atoms with Crippen LogP contribution in [0.15, 0.2) is 97.6 Å². The first-order valence-electron chi connectivity index (χ1n) is 11.7. The van der Waals surface area contributed by atoms with Gasteiger partial charge in [-0.2, -0.15) is 0 Å². The van der Waals surface area contributed by atoms with Crippen molar-refractivity contribution in [3.63, 3.8) is 0 Å². The SMILES string of the molecule is CC(/C=C/c1ccccc1)NCc1ccc(OCC(O)(Cn2ccnc2)c2ccc(Cl)cc2Cl)cc1. The summed E-state index contributed by atoms with van der Waals surface area (Å²) in [7, 11) is 0. The van der Waals surface area contributed by atoms with E-state index < -0.39 is 5.60 Å². The Morgan fingerprint density at radius 2 is 1.86 bits per heavy atom. The lowest BCUT2D eigenvalue weighted by atomic mass is 9.94. The predicted octanol–water partition coefficient (Wildman–Crippen LogP) is 6.35. The minimum atomic E-state index is -1.39. The fraction of sp³-hybridized carbons (Fsp3) is 0.207. The third kappa shape index (κ3) is 7.21. The summed E-state index contributed by atoms with van der Waals surface area (Å²) < 4.78 is 7.81. The Kier molecular flexibility index (Phi) is 8.83. The second kappa shape index (κ2) is 12.2. The Bertz CT molecular complexity index is 1260. The van der Waals surface area contributed by atoms with Crippen LogP contribution >= 0.6 is 23.2 Å². The molecule has 0 spiro atoms. The van der Waals surface area contributed by atoms with E-state index in [-0.39, 0.29) is 19.2 Å². The van der Waals surface area contributed by atoms with Crippen molar-refractivity contribution in [2.75, 3.05) is 6.61 Å². The van der Waals surface area contributed by atoms with Gasteiger partial charge in [-0.15, -0.1) is 0 Å². The number of aromatic nitrogens is 2. The van der Waals surface area contributed by atoms with Crippen LogP contribution in [0.25, 0.3) is 6.08 Å². The topological polar surface area (TPSA) is 59.3 Å². The normalized spacial score (nSPS) is 14.0. The number of ether oxygens (including phenoxy) is 1. The molecule has 0 aliphatic heterocycles. The number of benzene rings is 3. The summed E-state index contributed by atoms with van der Waals surface area (Å²) in [5, 5.41) is 16.0. The van der Waals surface area contributed by atoms with Gasteiger partial charge in [0.1, 0.15) is 18.0 Å². The fourth-order valence-corrected chi connectivity index (χ4v) is 4.41. The van der Waals surface area contributed by atoms with Gasteiger partial charge in [-0.05, 0) is 42.3 Å². The first-order valence-corrected chi connectivity index (χ1v) is 12.5. The molecule has 0 bridgehead atoms. The van der Waals surface area contributed by atoms with E-state index >= 15 is 0 Å². The molecule has 4 aromatic rings. The summed E-state index contributed by atoms with van der Waals surface area (Å²) in [6, 6.07) is 23.4. The second-order valence-corrected chi connectivity index (χ2v) is 9.61. The zero-order valence-corrected chi connectivity index (χ0v) is 21.5. The highest BCUT2D eigenvalue weighted by atomic mass is 35.5. The molecule has 0 saturated carbocycles. The highest BCUT2D eigenvalue weighted by Crippen LogP contribution is 2.33. The number of hydrogen-bond donors (Lipinski definition) is 2. The molecule has 0 fully saturated rings. The van der Waals surface area contributed by atoms with Crippen LogP contribution in [0.4, 0.5) is 0 Å². The van der Waals surface area contributed by atoms with E-state index in [9.17, 15) is 5.11 Å². The Balaban J connectivity index is 1.37. The van der Waals surface area contributed by atoms with E-state index in [1.54, 1.807) is 41.5 Å².